The highest BCUT2D eigenvalue weighted by atomic mass is 16.6. The highest BCUT2D eigenvalue weighted by Crippen LogP contribution is 2.17. The van der Waals surface area contributed by atoms with Crippen molar-refractivity contribution in [2.24, 2.45) is 0 Å². The molecule has 0 spiro atoms. The molecule has 0 rings (SSSR count). The van der Waals surface area contributed by atoms with E-state index < -0.39 is 73.7 Å². The number of hydrogen-bond donors (Lipinski definition) is 2. The standard InChI is InChI=1S/C44H78O12/c1-3-5-7-9-11-13-15-17-19-21-23-25-27-29-35-53-43(51)41(55-39(49)33-31-37(45)46)42(56-40(50)34-32-38(47)48)44(52)54-36-30-28-26-24-22-20-18-16-14-12-10-8-6-4-2/h41-42H,3-36H2,1-2H3,(H,45,46)(H,47,48). The molecule has 0 aromatic rings. The van der Waals surface area contributed by atoms with Crippen molar-refractivity contribution in [3.63, 3.8) is 0 Å². The molecule has 0 fully saturated rings. The summed E-state index contributed by atoms with van der Waals surface area (Å²) >= 11 is 0. The van der Waals surface area contributed by atoms with E-state index in [1.165, 1.54) is 116 Å². The molecule has 0 heterocycles. The van der Waals surface area contributed by atoms with E-state index in [4.69, 9.17) is 29.2 Å². The number of rotatable bonds is 41. The topological polar surface area (TPSA) is 180 Å². The molecule has 0 aliphatic carbocycles. The smallest absolute Gasteiger partial charge is 0.352 e. The SMILES string of the molecule is CCCCCCCCCCCCCCCCOC(=O)C(OC(=O)CCC(=O)O)C(OC(=O)CCC(=O)O)C(=O)OCCCCCCCCCCCCCCCC. The summed E-state index contributed by atoms with van der Waals surface area (Å²) in [4.78, 5) is 73.7. The second-order valence-corrected chi connectivity index (χ2v) is 15.1. The van der Waals surface area contributed by atoms with Gasteiger partial charge in [0.2, 0.25) is 12.2 Å². The van der Waals surface area contributed by atoms with Gasteiger partial charge in [-0.05, 0) is 12.8 Å². The second kappa shape index (κ2) is 38.7. The van der Waals surface area contributed by atoms with Gasteiger partial charge in [-0.1, -0.05) is 181 Å². The fourth-order valence-electron chi connectivity index (χ4n) is 6.39. The lowest BCUT2D eigenvalue weighted by Crippen LogP contribution is -2.47. The van der Waals surface area contributed by atoms with Gasteiger partial charge in [0.25, 0.3) is 0 Å². The molecule has 0 bridgehead atoms. The lowest BCUT2D eigenvalue weighted by atomic mass is 10.0. The van der Waals surface area contributed by atoms with Gasteiger partial charge in [0.05, 0.1) is 38.9 Å². The van der Waals surface area contributed by atoms with Crippen LogP contribution in [0, 0.1) is 0 Å². The van der Waals surface area contributed by atoms with Crippen LogP contribution in [0.1, 0.15) is 219 Å². The minimum Gasteiger partial charge on any atom is -0.481 e. The van der Waals surface area contributed by atoms with E-state index >= 15 is 0 Å². The fourth-order valence-corrected chi connectivity index (χ4v) is 6.39. The van der Waals surface area contributed by atoms with Gasteiger partial charge in [0.1, 0.15) is 0 Å². The molecule has 2 atom stereocenters. The molecule has 0 amide bonds. The molecule has 2 N–H and O–H groups in total. The number of carbonyl (C=O) groups is 6. The first kappa shape index (κ1) is 52.8. The average Bonchev–Trinajstić information content (AvgIpc) is 3.17. The Kier molecular flexibility index (Phi) is 36.5. The number of ether oxygens (including phenoxy) is 4. The van der Waals surface area contributed by atoms with Gasteiger partial charge in [0, 0.05) is 0 Å². The normalized spacial score (nSPS) is 12.1. The Labute approximate surface area is 337 Å². The van der Waals surface area contributed by atoms with E-state index in [9.17, 15) is 28.8 Å². The van der Waals surface area contributed by atoms with Crippen molar-refractivity contribution in [3.8, 4) is 0 Å². The number of esters is 4. The molecule has 0 saturated heterocycles. The van der Waals surface area contributed by atoms with Gasteiger partial charge >= 0.3 is 35.8 Å². The van der Waals surface area contributed by atoms with Crippen molar-refractivity contribution in [2.45, 2.75) is 232 Å². The Balaban J connectivity index is 4.95. The van der Waals surface area contributed by atoms with Gasteiger partial charge in [-0.15, -0.1) is 0 Å². The van der Waals surface area contributed by atoms with Crippen molar-refractivity contribution in [1.29, 1.82) is 0 Å². The molecule has 0 aliphatic heterocycles. The number of hydrogen-bond acceptors (Lipinski definition) is 10. The first-order valence-corrected chi connectivity index (χ1v) is 22.3. The van der Waals surface area contributed by atoms with Crippen molar-refractivity contribution in [2.75, 3.05) is 13.2 Å². The Morgan fingerprint density at radius 1 is 0.357 bits per heavy atom. The van der Waals surface area contributed by atoms with Crippen molar-refractivity contribution >= 4 is 35.8 Å². The highest BCUT2D eigenvalue weighted by Gasteiger charge is 2.42. The van der Waals surface area contributed by atoms with Gasteiger partial charge in [-0.2, -0.15) is 0 Å². The van der Waals surface area contributed by atoms with E-state index in [2.05, 4.69) is 13.8 Å². The zero-order valence-corrected chi connectivity index (χ0v) is 35.2. The highest BCUT2D eigenvalue weighted by molar-refractivity contribution is 5.90. The molecule has 0 aromatic carbocycles. The molecular formula is C44H78O12. The largest absolute Gasteiger partial charge is 0.481 e. The van der Waals surface area contributed by atoms with Crippen molar-refractivity contribution < 1.29 is 57.9 Å². The van der Waals surface area contributed by atoms with Crippen LogP contribution in [-0.4, -0.2) is 71.5 Å². The van der Waals surface area contributed by atoms with E-state index in [1.54, 1.807) is 0 Å². The van der Waals surface area contributed by atoms with E-state index in [0.29, 0.717) is 12.8 Å². The number of carbonyl (C=O) groups excluding carboxylic acids is 4. The second-order valence-electron chi connectivity index (χ2n) is 15.1. The number of carboxylic acids is 2. The van der Waals surface area contributed by atoms with Crippen LogP contribution in [0.4, 0.5) is 0 Å². The van der Waals surface area contributed by atoms with Crippen molar-refractivity contribution in [1.82, 2.24) is 0 Å². The summed E-state index contributed by atoms with van der Waals surface area (Å²) in [7, 11) is 0. The maximum atomic E-state index is 13.2. The maximum Gasteiger partial charge on any atom is 0.352 e. The van der Waals surface area contributed by atoms with Crippen LogP contribution in [0.2, 0.25) is 0 Å². The summed E-state index contributed by atoms with van der Waals surface area (Å²) in [5.74, 6) is -7.07. The maximum absolute atomic E-state index is 13.2. The monoisotopic (exact) mass is 799 g/mol. The summed E-state index contributed by atoms with van der Waals surface area (Å²) in [5, 5.41) is 18.0. The molecule has 0 radical (unpaired) electrons. The van der Waals surface area contributed by atoms with Crippen LogP contribution in [0.5, 0.6) is 0 Å². The van der Waals surface area contributed by atoms with E-state index in [1.807, 2.05) is 0 Å². The van der Waals surface area contributed by atoms with Crippen molar-refractivity contribution in [3.05, 3.63) is 0 Å². The predicted octanol–water partition coefficient (Wildman–Crippen LogP) is 10.6. The van der Waals surface area contributed by atoms with E-state index in [0.717, 1.165) is 51.4 Å². The first-order valence-electron chi connectivity index (χ1n) is 22.3. The molecular weight excluding hydrogens is 720 g/mol. The van der Waals surface area contributed by atoms with E-state index in [-0.39, 0.29) is 13.2 Å². The molecule has 0 aliphatic rings. The zero-order chi connectivity index (χ0) is 41.5. The number of carboxylic acid groups (broad SMARTS) is 2. The Bertz CT molecular complexity index is 949. The molecule has 12 heteroatoms. The number of aliphatic carboxylic acids is 2. The molecule has 2 unspecified atom stereocenters. The minimum atomic E-state index is -2.06. The van der Waals surface area contributed by atoms with Gasteiger partial charge < -0.3 is 29.2 Å². The Hall–Kier alpha value is -3.18. The molecule has 0 aromatic heterocycles. The molecule has 56 heavy (non-hydrogen) atoms. The fraction of sp³-hybridized carbons (Fsp3) is 0.864. The third-order valence-electron chi connectivity index (χ3n) is 9.83. The minimum absolute atomic E-state index is 0.0339. The average molecular weight is 799 g/mol. The number of unbranched alkanes of at least 4 members (excludes halogenated alkanes) is 26. The van der Waals surface area contributed by atoms with Crippen LogP contribution >= 0.6 is 0 Å². The summed E-state index contributed by atoms with van der Waals surface area (Å²) < 4.78 is 21.1. The summed E-state index contributed by atoms with van der Waals surface area (Å²) in [6.07, 6.45) is 25.6. The van der Waals surface area contributed by atoms with Crippen LogP contribution < -0.4 is 0 Å². The van der Waals surface area contributed by atoms with Gasteiger partial charge in [-0.3, -0.25) is 19.2 Å². The van der Waals surface area contributed by atoms with Gasteiger partial charge in [0.15, 0.2) is 0 Å². The molecule has 0 saturated carbocycles. The third kappa shape index (κ3) is 34.1. The lowest BCUT2D eigenvalue weighted by molar-refractivity contribution is -0.192. The van der Waals surface area contributed by atoms with Crippen LogP contribution in [-0.2, 0) is 47.7 Å². The third-order valence-corrected chi connectivity index (χ3v) is 9.83. The zero-order valence-electron chi connectivity index (χ0n) is 35.2. The summed E-state index contributed by atoms with van der Waals surface area (Å²) in [5.41, 5.74) is 0. The Morgan fingerprint density at radius 2 is 0.589 bits per heavy atom. The lowest BCUT2D eigenvalue weighted by Gasteiger charge is -2.24. The van der Waals surface area contributed by atoms with Crippen LogP contribution in [0.3, 0.4) is 0 Å². The Morgan fingerprint density at radius 3 is 0.821 bits per heavy atom. The van der Waals surface area contributed by atoms with Gasteiger partial charge in [-0.25, -0.2) is 9.59 Å². The molecule has 326 valence electrons. The summed E-state index contributed by atoms with van der Waals surface area (Å²) in [6.45, 7) is 4.38. The quantitative estimate of drug-likeness (QED) is 0.0340. The molecule has 12 nitrogen and oxygen atoms in total. The predicted molar refractivity (Wildman–Crippen MR) is 216 cm³/mol. The summed E-state index contributed by atoms with van der Waals surface area (Å²) in [6, 6.07) is 0. The first-order chi connectivity index (χ1) is 27.1. The van der Waals surface area contributed by atoms with Crippen LogP contribution in [0.25, 0.3) is 0 Å². The van der Waals surface area contributed by atoms with Crippen LogP contribution in [0.15, 0.2) is 0 Å².